The first-order valence-electron chi connectivity index (χ1n) is 6.29. The van der Waals surface area contributed by atoms with E-state index in [9.17, 15) is 4.39 Å². The molecule has 19 heavy (non-hydrogen) atoms. The average molecular weight is 254 g/mol. The lowest BCUT2D eigenvalue weighted by atomic mass is 10.1. The predicted octanol–water partition coefficient (Wildman–Crippen LogP) is 3.29. The number of halogens is 1. The Morgan fingerprint density at radius 2 is 1.79 bits per heavy atom. The van der Waals surface area contributed by atoms with Crippen molar-refractivity contribution >= 4 is 10.9 Å². The van der Waals surface area contributed by atoms with Crippen LogP contribution in [0.3, 0.4) is 0 Å². The van der Waals surface area contributed by atoms with Crippen LogP contribution in [-0.2, 0) is 13.1 Å². The highest BCUT2D eigenvalue weighted by molar-refractivity contribution is 5.80. The summed E-state index contributed by atoms with van der Waals surface area (Å²) in [5.41, 5.74) is 8.84. The fourth-order valence-electron chi connectivity index (χ4n) is 2.38. The van der Waals surface area contributed by atoms with E-state index in [0.717, 1.165) is 17.6 Å². The van der Waals surface area contributed by atoms with Crippen LogP contribution in [0, 0.1) is 5.82 Å². The van der Waals surface area contributed by atoms with Crippen LogP contribution < -0.4 is 5.73 Å². The molecular weight excluding hydrogens is 239 g/mol. The molecule has 2 aromatic carbocycles. The Balaban J connectivity index is 1.99. The zero-order chi connectivity index (χ0) is 13.2. The van der Waals surface area contributed by atoms with Crippen LogP contribution in [0.4, 0.5) is 4.39 Å². The lowest BCUT2D eigenvalue weighted by Crippen LogP contribution is -2.01. The summed E-state index contributed by atoms with van der Waals surface area (Å²) in [5.74, 6) is -0.174. The van der Waals surface area contributed by atoms with E-state index in [4.69, 9.17) is 5.73 Å². The van der Waals surface area contributed by atoms with Crippen LogP contribution in [0.15, 0.2) is 54.7 Å². The van der Waals surface area contributed by atoms with Gasteiger partial charge in [0.25, 0.3) is 0 Å². The van der Waals surface area contributed by atoms with Crippen molar-refractivity contribution in [2.75, 3.05) is 0 Å². The standard InChI is InChI=1S/C16H15FN2/c17-15-5-2-6-16-14(15)7-8-19(16)11-13-4-1-3-12(9-13)10-18/h1-9H,10-11,18H2. The van der Waals surface area contributed by atoms with Crippen molar-refractivity contribution in [3.05, 3.63) is 71.7 Å². The SMILES string of the molecule is NCc1cccc(Cn2ccc3c(F)cccc32)c1. The van der Waals surface area contributed by atoms with E-state index in [0.29, 0.717) is 11.9 Å². The van der Waals surface area contributed by atoms with Gasteiger partial charge in [0.05, 0.1) is 5.52 Å². The van der Waals surface area contributed by atoms with Crippen LogP contribution in [0.1, 0.15) is 11.1 Å². The molecule has 2 nitrogen and oxygen atoms in total. The second-order valence-electron chi connectivity index (χ2n) is 4.64. The molecule has 3 rings (SSSR count). The van der Waals surface area contributed by atoms with E-state index in [1.165, 1.54) is 11.6 Å². The highest BCUT2D eigenvalue weighted by atomic mass is 19.1. The van der Waals surface area contributed by atoms with Crippen molar-refractivity contribution in [1.29, 1.82) is 0 Å². The van der Waals surface area contributed by atoms with Crippen LogP contribution in [0.25, 0.3) is 10.9 Å². The minimum Gasteiger partial charge on any atom is -0.343 e. The van der Waals surface area contributed by atoms with Gasteiger partial charge in [-0.15, -0.1) is 0 Å². The van der Waals surface area contributed by atoms with Crippen molar-refractivity contribution in [2.24, 2.45) is 5.73 Å². The lowest BCUT2D eigenvalue weighted by Gasteiger charge is -2.07. The molecule has 0 amide bonds. The van der Waals surface area contributed by atoms with Crippen molar-refractivity contribution in [3.63, 3.8) is 0 Å². The first kappa shape index (κ1) is 11.9. The van der Waals surface area contributed by atoms with E-state index in [1.54, 1.807) is 6.07 Å². The summed E-state index contributed by atoms with van der Waals surface area (Å²) in [4.78, 5) is 0. The normalized spacial score (nSPS) is 11.1. The maximum absolute atomic E-state index is 13.6. The fraction of sp³-hybridized carbons (Fsp3) is 0.125. The third-order valence-electron chi connectivity index (χ3n) is 3.34. The molecule has 1 aromatic heterocycles. The first-order chi connectivity index (χ1) is 9.28. The second kappa shape index (κ2) is 4.86. The molecule has 3 heteroatoms. The monoisotopic (exact) mass is 254 g/mol. The van der Waals surface area contributed by atoms with Crippen molar-refractivity contribution in [3.8, 4) is 0 Å². The van der Waals surface area contributed by atoms with Crippen LogP contribution in [0.5, 0.6) is 0 Å². The van der Waals surface area contributed by atoms with Crippen LogP contribution in [-0.4, -0.2) is 4.57 Å². The number of fused-ring (bicyclic) bond motifs is 1. The van der Waals surface area contributed by atoms with E-state index >= 15 is 0 Å². The molecule has 0 fully saturated rings. The molecule has 0 atom stereocenters. The molecule has 0 saturated heterocycles. The van der Waals surface area contributed by atoms with Gasteiger partial charge in [-0.2, -0.15) is 0 Å². The Bertz CT molecular complexity index is 716. The Hall–Kier alpha value is -2.13. The topological polar surface area (TPSA) is 30.9 Å². The second-order valence-corrected chi connectivity index (χ2v) is 4.64. The number of hydrogen-bond donors (Lipinski definition) is 1. The van der Waals surface area contributed by atoms with Crippen molar-refractivity contribution in [1.82, 2.24) is 4.57 Å². The molecule has 0 unspecified atom stereocenters. The maximum Gasteiger partial charge on any atom is 0.132 e. The smallest absolute Gasteiger partial charge is 0.132 e. The zero-order valence-electron chi connectivity index (χ0n) is 10.5. The van der Waals surface area contributed by atoms with Gasteiger partial charge in [0.1, 0.15) is 5.82 Å². The number of nitrogens with two attached hydrogens (primary N) is 1. The third-order valence-corrected chi connectivity index (χ3v) is 3.34. The largest absolute Gasteiger partial charge is 0.343 e. The number of aromatic nitrogens is 1. The maximum atomic E-state index is 13.6. The Kier molecular flexibility index (Phi) is 3.05. The van der Waals surface area contributed by atoms with Crippen molar-refractivity contribution < 1.29 is 4.39 Å². The molecule has 0 aliphatic rings. The van der Waals surface area contributed by atoms with Crippen LogP contribution in [0.2, 0.25) is 0 Å². The zero-order valence-corrected chi connectivity index (χ0v) is 10.5. The predicted molar refractivity (Wildman–Crippen MR) is 75.3 cm³/mol. The quantitative estimate of drug-likeness (QED) is 0.764. The van der Waals surface area contributed by atoms with E-state index in [2.05, 4.69) is 12.1 Å². The molecule has 2 N–H and O–H groups in total. The minimum absolute atomic E-state index is 0.174. The van der Waals surface area contributed by atoms with Gasteiger partial charge in [0.15, 0.2) is 0 Å². The summed E-state index contributed by atoms with van der Waals surface area (Å²) in [7, 11) is 0. The average Bonchev–Trinajstić information content (AvgIpc) is 2.84. The first-order valence-corrected chi connectivity index (χ1v) is 6.29. The molecule has 0 spiro atoms. The molecule has 0 aliphatic carbocycles. The highest BCUT2D eigenvalue weighted by Gasteiger charge is 2.05. The van der Waals surface area contributed by atoms with Crippen LogP contribution >= 0.6 is 0 Å². The van der Waals surface area contributed by atoms with Gasteiger partial charge in [-0.3, -0.25) is 0 Å². The molecule has 0 saturated carbocycles. The molecular formula is C16H15FN2. The summed E-state index contributed by atoms with van der Waals surface area (Å²) >= 11 is 0. The Morgan fingerprint density at radius 1 is 1.00 bits per heavy atom. The summed E-state index contributed by atoms with van der Waals surface area (Å²) in [6, 6.07) is 15.1. The lowest BCUT2D eigenvalue weighted by molar-refractivity contribution is 0.639. The molecule has 0 radical (unpaired) electrons. The number of benzene rings is 2. The number of rotatable bonds is 3. The van der Waals surface area contributed by atoms with Gasteiger partial charge in [0.2, 0.25) is 0 Å². The number of hydrogen-bond acceptors (Lipinski definition) is 1. The fourth-order valence-corrected chi connectivity index (χ4v) is 2.38. The van der Waals surface area contributed by atoms with Gasteiger partial charge in [-0.25, -0.2) is 4.39 Å². The van der Waals surface area contributed by atoms with E-state index in [1.807, 2.05) is 35.0 Å². The third kappa shape index (κ3) is 2.25. The molecule has 0 bridgehead atoms. The van der Waals surface area contributed by atoms with E-state index in [-0.39, 0.29) is 5.82 Å². The molecule has 3 aromatic rings. The minimum atomic E-state index is -0.174. The summed E-state index contributed by atoms with van der Waals surface area (Å²) in [6.45, 7) is 1.26. The van der Waals surface area contributed by atoms with Gasteiger partial charge in [-0.1, -0.05) is 30.3 Å². The summed E-state index contributed by atoms with van der Waals surface area (Å²) in [6.07, 6.45) is 1.92. The Labute approximate surface area is 111 Å². The number of nitrogens with zero attached hydrogens (tertiary/aromatic N) is 1. The highest BCUT2D eigenvalue weighted by Crippen LogP contribution is 2.20. The van der Waals surface area contributed by atoms with Gasteiger partial charge < -0.3 is 10.3 Å². The van der Waals surface area contributed by atoms with E-state index < -0.39 is 0 Å². The van der Waals surface area contributed by atoms with Gasteiger partial charge >= 0.3 is 0 Å². The van der Waals surface area contributed by atoms with Gasteiger partial charge in [-0.05, 0) is 29.3 Å². The molecule has 0 aliphatic heterocycles. The molecule has 96 valence electrons. The van der Waals surface area contributed by atoms with Crippen molar-refractivity contribution in [2.45, 2.75) is 13.1 Å². The Morgan fingerprint density at radius 3 is 2.63 bits per heavy atom. The summed E-state index contributed by atoms with van der Waals surface area (Å²) in [5, 5.41) is 0.664. The van der Waals surface area contributed by atoms with Gasteiger partial charge in [0, 0.05) is 24.7 Å². The molecule has 1 heterocycles. The summed E-state index contributed by atoms with van der Waals surface area (Å²) < 4.78 is 15.7.